The van der Waals surface area contributed by atoms with E-state index in [1.165, 1.54) is 21.6 Å². The van der Waals surface area contributed by atoms with E-state index in [-0.39, 0.29) is 6.61 Å². The number of aliphatic hydroxyl groups excluding tert-OH is 1. The molecule has 3 aliphatic rings. The van der Waals surface area contributed by atoms with Crippen molar-refractivity contribution in [3.05, 3.63) is 45.8 Å². The Morgan fingerprint density at radius 3 is 2.76 bits per heavy atom. The summed E-state index contributed by atoms with van der Waals surface area (Å²) in [6.45, 7) is 1.40. The van der Waals surface area contributed by atoms with Crippen LogP contribution < -0.4 is 10.4 Å². The van der Waals surface area contributed by atoms with Crippen LogP contribution in [0.25, 0.3) is 23.8 Å². The summed E-state index contributed by atoms with van der Waals surface area (Å²) >= 11 is 0. The first kappa shape index (κ1) is 13.0. The van der Waals surface area contributed by atoms with Gasteiger partial charge in [0.2, 0.25) is 5.79 Å². The van der Waals surface area contributed by atoms with Gasteiger partial charge in [-0.2, -0.15) is 0 Å². The summed E-state index contributed by atoms with van der Waals surface area (Å²) in [5, 5.41) is 11.6. The SMILES string of the molecule is OCCCC1=c2ccc3c(c2C=CC12OCCO2)C=CC=3. The summed E-state index contributed by atoms with van der Waals surface area (Å²) in [5.74, 6) is -0.720. The zero-order valence-electron chi connectivity index (χ0n) is 11.8. The van der Waals surface area contributed by atoms with Crippen molar-refractivity contribution < 1.29 is 14.6 Å². The second-order valence-corrected chi connectivity index (χ2v) is 5.56. The number of fused-ring (bicyclic) bond motifs is 3. The molecule has 1 heterocycles. The summed E-state index contributed by atoms with van der Waals surface area (Å²) in [5.41, 5.74) is 3.63. The number of allylic oxidation sites excluding steroid dienone is 1. The van der Waals surface area contributed by atoms with Gasteiger partial charge in [0.15, 0.2) is 0 Å². The maximum atomic E-state index is 9.20. The Labute approximate surface area is 123 Å². The highest BCUT2D eigenvalue weighted by Gasteiger charge is 2.40. The number of hydrogen-bond donors (Lipinski definition) is 1. The molecule has 1 aliphatic heterocycles. The standard InChI is InChI=1S/C18H18O3/c19-10-2-5-17-16-7-6-13-3-1-4-14(13)15(16)8-9-18(17)20-11-12-21-18/h1,3-4,6-9,19H,2,5,10-12H2. The smallest absolute Gasteiger partial charge is 0.212 e. The van der Waals surface area contributed by atoms with E-state index < -0.39 is 5.79 Å². The van der Waals surface area contributed by atoms with Gasteiger partial charge in [-0.25, -0.2) is 0 Å². The minimum absolute atomic E-state index is 0.178. The summed E-state index contributed by atoms with van der Waals surface area (Å²) < 4.78 is 11.8. The molecule has 0 radical (unpaired) electrons. The molecule has 0 unspecified atom stereocenters. The van der Waals surface area contributed by atoms with Gasteiger partial charge in [-0.1, -0.05) is 36.4 Å². The quantitative estimate of drug-likeness (QED) is 0.905. The van der Waals surface area contributed by atoms with E-state index >= 15 is 0 Å². The first-order chi connectivity index (χ1) is 10.3. The second kappa shape index (κ2) is 4.95. The van der Waals surface area contributed by atoms with E-state index in [9.17, 15) is 5.11 Å². The normalized spacial score (nSPS) is 20.7. The second-order valence-electron chi connectivity index (χ2n) is 5.56. The number of ether oxygens (including phenoxy) is 2. The van der Waals surface area contributed by atoms with Crippen LogP contribution in [0.3, 0.4) is 0 Å². The van der Waals surface area contributed by atoms with Crippen molar-refractivity contribution in [1.29, 1.82) is 0 Å². The van der Waals surface area contributed by atoms with E-state index in [0.717, 1.165) is 18.4 Å². The zero-order valence-corrected chi connectivity index (χ0v) is 11.8. The molecule has 1 fully saturated rings. The Morgan fingerprint density at radius 1 is 1.10 bits per heavy atom. The minimum atomic E-state index is -0.720. The third-order valence-corrected chi connectivity index (χ3v) is 4.38. The molecule has 2 aliphatic carbocycles. The monoisotopic (exact) mass is 282 g/mol. The van der Waals surface area contributed by atoms with Crippen molar-refractivity contribution in [2.24, 2.45) is 0 Å². The molecule has 4 rings (SSSR count). The Kier molecular flexibility index (Phi) is 3.07. The average Bonchev–Trinajstić information content (AvgIpc) is 3.15. The molecular formula is C18H18O3. The predicted molar refractivity (Wildman–Crippen MR) is 82.6 cm³/mol. The molecule has 0 aromatic heterocycles. The number of rotatable bonds is 3. The van der Waals surface area contributed by atoms with Gasteiger partial charge in [0.1, 0.15) is 0 Å². The van der Waals surface area contributed by atoms with Crippen molar-refractivity contribution >= 4 is 23.8 Å². The molecule has 1 saturated heterocycles. The van der Waals surface area contributed by atoms with Crippen LogP contribution in [0, 0.1) is 0 Å². The van der Waals surface area contributed by atoms with Crippen LogP contribution in [0.1, 0.15) is 24.0 Å². The lowest BCUT2D eigenvalue weighted by atomic mass is 9.88. The molecule has 1 spiro atoms. The highest BCUT2D eigenvalue weighted by molar-refractivity contribution is 5.79. The summed E-state index contributed by atoms with van der Waals surface area (Å²) in [7, 11) is 0. The predicted octanol–water partition coefficient (Wildman–Crippen LogP) is 1.19. The molecule has 1 N–H and O–H groups in total. The lowest BCUT2D eigenvalue weighted by Gasteiger charge is -2.30. The fourth-order valence-corrected chi connectivity index (χ4v) is 3.42. The van der Waals surface area contributed by atoms with Crippen molar-refractivity contribution in [3.8, 4) is 0 Å². The van der Waals surface area contributed by atoms with Crippen LogP contribution in [0.15, 0.2) is 24.3 Å². The van der Waals surface area contributed by atoms with E-state index in [2.05, 4.69) is 36.4 Å². The highest BCUT2D eigenvalue weighted by atomic mass is 16.7. The Bertz CT molecular complexity index is 749. The zero-order chi connectivity index (χ0) is 14.3. The Balaban J connectivity index is 1.96. The Morgan fingerprint density at radius 2 is 1.95 bits per heavy atom. The van der Waals surface area contributed by atoms with Gasteiger partial charge in [0, 0.05) is 12.2 Å². The van der Waals surface area contributed by atoms with E-state index in [1.54, 1.807) is 0 Å². The first-order valence-electron chi connectivity index (χ1n) is 7.47. The van der Waals surface area contributed by atoms with Crippen LogP contribution in [-0.4, -0.2) is 30.7 Å². The van der Waals surface area contributed by atoms with Crippen LogP contribution >= 0.6 is 0 Å². The summed E-state index contributed by atoms with van der Waals surface area (Å²) in [6.07, 6.45) is 12.0. The fourth-order valence-electron chi connectivity index (χ4n) is 3.42. The molecule has 3 nitrogen and oxygen atoms in total. The molecule has 1 aromatic carbocycles. The summed E-state index contributed by atoms with van der Waals surface area (Å²) in [6, 6.07) is 4.30. The lowest BCUT2D eigenvalue weighted by molar-refractivity contribution is -0.0683. The number of hydrogen-bond acceptors (Lipinski definition) is 3. The molecule has 1 aromatic rings. The van der Waals surface area contributed by atoms with Crippen molar-refractivity contribution in [2.45, 2.75) is 18.6 Å². The van der Waals surface area contributed by atoms with E-state index in [4.69, 9.17) is 9.47 Å². The third kappa shape index (κ3) is 1.93. The highest BCUT2D eigenvalue weighted by Crippen LogP contribution is 2.36. The van der Waals surface area contributed by atoms with Crippen LogP contribution in [0.2, 0.25) is 0 Å². The topological polar surface area (TPSA) is 38.7 Å². The van der Waals surface area contributed by atoms with Gasteiger partial charge in [-0.15, -0.1) is 0 Å². The average molecular weight is 282 g/mol. The first-order valence-corrected chi connectivity index (χ1v) is 7.47. The third-order valence-electron chi connectivity index (χ3n) is 4.38. The van der Waals surface area contributed by atoms with Crippen molar-refractivity contribution in [2.75, 3.05) is 19.8 Å². The van der Waals surface area contributed by atoms with Gasteiger partial charge < -0.3 is 14.6 Å². The molecule has 3 heteroatoms. The molecule has 0 bridgehead atoms. The number of benzene rings is 1. The van der Waals surface area contributed by atoms with E-state index in [1.807, 2.05) is 6.08 Å². The molecule has 21 heavy (non-hydrogen) atoms. The summed E-state index contributed by atoms with van der Waals surface area (Å²) in [4.78, 5) is 0. The van der Waals surface area contributed by atoms with Crippen LogP contribution in [0.4, 0.5) is 0 Å². The molecule has 0 amide bonds. The molecular weight excluding hydrogens is 264 g/mol. The van der Waals surface area contributed by atoms with E-state index in [0.29, 0.717) is 13.2 Å². The van der Waals surface area contributed by atoms with Crippen molar-refractivity contribution in [3.63, 3.8) is 0 Å². The maximum absolute atomic E-state index is 9.20. The van der Waals surface area contributed by atoms with Gasteiger partial charge in [0.05, 0.1) is 13.2 Å². The minimum Gasteiger partial charge on any atom is -0.396 e. The fraction of sp³-hybridized carbons (Fsp3) is 0.333. The van der Waals surface area contributed by atoms with Gasteiger partial charge in [-0.05, 0) is 40.5 Å². The van der Waals surface area contributed by atoms with Gasteiger partial charge in [-0.3, -0.25) is 0 Å². The van der Waals surface area contributed by atoms with Crippen LogP contribution in [0.5, 0.6) is 0 Å². The van der Waals surface area contributed by atoms with Gasteiger partial charge >= 0.3 is 0 Å². The molecule has 108 valence electrons. The number of aliphatic hydroxyl groups is 1. The van der Waals surface area contributed by atoms with Gasteiger partial charge in [0.25, 0.3) is 0 Å². The maximum Gasteiger partial charge on any atom is 0.212 e. The molecule has 0 saturated carbocycles. The Hall–Kier alpha value is -1.68. The largest absolute Gasteiger partial charge is 0.396 e. The van der Waals surface area contributed by atoms with Crippen LogP contribution in [-0.2, 0) is 9.47 Å². The molecule has 0 atom stereocenters. The van der Waals surface area contributed by atoms with Crippen molar-refractivity contribution in [1.82, 2.24) is 0 Å². The lowest BCUT2D eigenvalue weighted by Crippen LogP contribution is -2.37.